The fraction of sp³-hybridized carbons (Fsp3) is 0.0714. The van der Waals surface area contributed by atoms with Crippen LogP contribution in [0.5, 0.6) is 0 Å². The minimum atomic E-state index is -0.209. The molecule has 1 heterocycles. The Morgan fingerprint density at radius 3 is 2.44 bits per heavy atom. The molecule has 0 aliphatic rings. The molecule has 1 N–H and O–H groups in total. The van der Waals surface area contributed by atoms with Gasteiger partial charge in [0.15, 0.2) is 0 Å². The maximum atomic E-state index is 11.0. The summed E-state index contributed by atoms with van der Waals surface area (Å²) in [4.78, 5) is 15.2. The van der Waals surface area contributed by atoms with Crippen molar-refractivity contribution in [3.63, 3.8) is 0 Å². The van der Waals surface area contributed by atoms with Gasteiger partial charge < -0.3 is 0 Å². The van der Waals surface area contributed by atoms with Gasteiger partial charge in [-0.25, -0.2) is 5.43 Å². The monoisotopic (exact) mass is 239 g/mol. The van der Waals surface area contributed by atoms with E-state index in [9.17, 15) is 4.79 Å². The Hall–Kier alpha value is -2.49. The SMILES string of the molecule is CC(=O)N/N=C(/c1ccccc1)c1ccccn1. The second kappa shape index (κ2) is 5.72. The van der Waals surface area contributed by atoms with Gasteiger partial charge in [-0.15, -0.1) is 0 Å². The zero-order valence-electron chi connectivity index (χ0n) is 10.00. The minimum Gasteiger partial charge on any atom is -0.274 e. The van der Waals surface area contributed by atoms with Crippen LogP contribution in [-0.2, 0) is 4.79 Å². The molecule has 0 spiro atoms. The molecule has 0 fully saturated rings. The van der Waals surface area contributed by atoms with Crippen LogP contribution in [0.1, 0.15) is 18.2 Å². The Kier molecular flexibility index (Phi) is 3.81. The Bertz CT molecular complexity index is 508. The normalized spacial score (nSPS) is 11.1. The first-order chi connectivity index (χ1) is 8.77. The Balaban J connectivity index is 2.42. The van der Waals surface area contributed by atoms with E-state index >= 15 is 0 Å². The van der Waals surface area contributed by atoms with Crippen molar-refractivity contribution in [2.75, 3.05) is 0 Å². The van der Waals surface area contributed by atoms with Gasteiger partial charge in [-0.1, -0.05) is 36.4 Å². The summed E-state index contributed by atoms with van der Waals surface area (Å²) in [7, 11) is 0. The van der Waals surface area contributed by atoms with E-state index in [4.69, 9.17) is 0 Å². The summed E-state index contributed by atoms with van der Waals surface area (Å²) in [5, 5.41) is 4.12. The third-order valence-corrected chi connectivity index (χ3v) is 2.28. The molecule has 0 aliphatic carbocycles. The Labute approximate surface area is 105 Å². The topological polar surface area (TPSA) is 54.4 Å². The first kappa shape index (κ1) is 12.0. The number of hydrogen-bond donors (Lipinski definition) is 1. The third kappa shape index (κ3) is 3.01. The summed E-state index contributed by atoms with van der Waals surface area (Å²) in [5.74, 6) is -0.209. The van der Waals surface area contributed by atoms with E-state index in [0.29, 0.717) is 5.71 Å². The van der Waals surface area contributed by atoms with Crippen LogP contribution in [0.3, 0.4) is 0 Å². The smallest absolute Gasteiger partial charge is 0.236 e. The molecule has 0 atom stereocenters. The average Bonchev–Trinajstić information content (AvgIpc) is 2.41. The molecule has 1 aromatic carbocycles. The van der Waals surface area contributed by atoms with Crippen LogP contribution in [0.25, 0.3) is 0 Å². The Morgan fingerprint density at radius 2 is 1.83 bits per heavy atom. The molecule has 0 saturated heterocycles. The number of pyridine rings is 1. The molecule has 1 amide bonds. The first-order valence-electron chi connectivity index (χ1n) is 5.58. The van der Waals surface area contributed by atoms with E-state index < -0.39 is 0 Å². The van der Waals surface area contributed by atoms with Crippen LogP contribution in [0, 0.1) is 0 Å². The fourth-order valence-corrected chi connectivity index (χ4v) is 1.50. The number of carbonyl (C=O) groups is 1. The summed E-state index contributed by atoms with van der Waals surface area (Å²) >= 11 is 0. The molecule has 1 aromatic heterocycles. The number of aromatic nitrogens is 1. The van der Waals surface area contributed by atoms with E-state index in [0.717, 1.165) is 11.3 Å². The van der Waals surface area contributed by atoms with Gasteiger partial charge in [-0.05, 0) is 12.1 Å². The van der Waals surface area contributed by atoms with Gasteiger partial charge in [0.25, 0.3) is 0 Å². The highest BCUT2D eigenvalue weighted by Gasteiger charge is 2.07. The van der Waals surface area contributed by atoms with Crippen LogP contribution in [-0.4, -0.2) is 16.6 Å². The highest BCUT2D eigenvalue weighted by Crippen LogP contribution is 2.07. The highest BCUT2D eigenvalue weighted by molar-refractivity contribution is 6.11. The number of hydrogen-bond acceptors (Lipinski definition) is 3. The third-order valence-electron chi connectivity index (χ3n) is 2.28. The molecule has 18 heavy (non-hydrogen) atoms. The fourth-order valence-electron chi connectivity index (χ4n) is 1.50. The van der Waals surface area contributed by atoms with Crippen LogP contribution in [0.4, 0.5) is 0 Å². The molecule has 0 saturated carbocycles. The molecule has 0 unspecified atom stereocenters. The number of benzene rings is 1. The van der Waals surface area contributed by atoms with E-state index in [1.54, 1.807) is 6.20 Å². The lowest BCUT2D eigenvalue weighted by molar-refractivity contribution is -0.118. The van der Waals surface area contributed by atoms with Crippen LogP contribution in [0.15, 0.2) is 59.8 Å². The van der Waals surface area contributed by atoms with Gasteiger partial charge in [-0.2, -0.15) is 5.10 Å². The number of nitrogens with one attached hydrogen (secondary N) is 1. The lowest BCUT2D eigenvalue weighted by atomic mass is 10.1. The lowest BCUT2D eigenvalue weighted by Gasteiger charge is -2.05. The zero-order chi connectivity index (χ0) is 12.8. The summed E-state index contributed by atoms with van der Waals surface area (Å²) in [6, 6.07) is 15.2. The van der Waals surface area contributed by atoms with Gasteiger partial charge in [0.1, 0.15) is 5.71 Å². The largest absolute Gasteiger partial charge is 0.274 e. The van der Waals surface area contributed by atoms with Gasteiger partial charge in [-0.3, -0.25) is 9.78 Å². The maximum absolute atomic E-state index is 11.0. The van der Waals surface area contributed by atoms with E-state index in [1.807, 2.05) is 48.5 Å². The zero-order valence-corrected chi connectivity index (χ0v) is 10.00. The van der Waals surface area contributed by atoms with Crippen molar-refractivity contribution in [1.29, 1.82) is 0 Å². The molecule has 2 rings (SSSR count). The molecule has 2 aromatic rings. The molecule has 0 aliphatic heterocycles. The first-order valence-corrected chi connectivity index (χ1v) is 5.58. The van der Waals surface area contributed by atoms with E-state index in [2.05, 4.69) is 15.5 Å². The van der Waals surface area contributed by atoms with Crippen molar-refractivity contribution >= 4 is 11.6 Å². The van der Waals surface area contributed by atoms with Gasteiger partial charge in [0.2, 0.25) is 5.91 Å². The number of rotatable bonds is 3. The van der Waals surface area contributed by atoms with Crippen LogP contribution in [0.2, 0.25) is 0 Å². The van der Waals surface area contributed by atoms with Crippen molar-refractivity contribution < 1.29 is 4.79 Å². The second-order valence-electron chi connectivity index (χ2n) is 3.71. The number of amides is 1. The van der Waals surface area contributed by atoms with Gasteiger partial charge >= 0.3 is 0 Å². The van der Waals surface area contributed by atoms with Crippen molar-refractivity contribution in [2.45, 2.75) is 6.92 Å². The van der Waals surface area contributed by atoms with E-state index in [1.165, 1.54) is 6.92 Å². The van der Waals surface area contributed by atoms with Crippen molar-refractivity contribution in [3.05, 3.63) is 66.0 Å². The Morgan fingerprint density at radius 1 is 1.11 bits per heavy atom. The molecule has 4 heteroatoms. The quantitative estimate of drug-likeness (QED) is 0.657. The number of carbonyl (C=O) groups excluding carboxylic acids is 1. The number of hydrazone groups is 1. The molecule has 90 valence electrons. The molecule has 0 radical (unpaired) electrons. The van der Waals surface area contributed by atoms with Gasteiger partial charge in [0, 0.05) is 18.7 Å². The van der Waals surface area contributed by atoms with Crippen LogP contribution < -0.4 is 5.43 Å². The predicted octanol–water partition coefficient (Wildman–Crippen LogP) is 1.97. The summed E-state index contributed by atoms with van der Waals surface area (Å²) in [5.41, 5.74) is 4.72. The molecular weight excluding hydrogens is 226 g/mol. The second-order valence-corrected chi connectivity index (χ2v) is 3.71. The highest BCUT2D eigenvalue weighted by atomic mass is 16.2. The average molecular weight is 239 g/mol. The molecule has 4 nitrogen and oxygen atoms in total. The number of nitrogens with zero attached hydrogens (tertiary/aromatic N) is 2. The molecule has 0 bridgehead atoms. The van der Waals surface area contributed by atoms with Crippen molar-refractivity contribution in [3.8, 4) is 0 Å². The summed E-state index contributed by atoms with van der Waals surface area (Å²) in [6.45, 7) is 1.42. The lowest BCUT2D eigenvalue weighted by Crippen LogP contribution is -2.17. The summed E-state index contributed by atoms with van der Waals surface area (Å²) in [6.07, 6.45) is 1.70. The maximum Gasteiger partial charge on any atom is 0.236 e. The van der Waals surface area contributed by atoms with Gasteiger partial charge in [0.05, 0.1) is 5.69 Å². The van der Waals surface area contributed by atoms with Crippen molar-refractivity contribution in [2.24, 2.45) is 5.10 Å². The van der Waals surface area contributed by atoms with E-state index in [-0.39, 0.29) is 5.91 Å². The van der Waals surface area contributed by atoms with Crippen LogP contribution >= 0.6 is 0 Å². The minimum absolute atomic E-state index is 0.209. The van der Waals surface area contributed by atoms with Crippen molar-refractivity contribution in [1.82, 2.24) is 10.4 Å². The summed E-state index contributed by atoms with van der Waals surface area (Å²) < 4.78 is 0. The predicted molar refractivity (Wildman–Crippen MR) is 70.1 cm³/mol. The standard InChI is InChI=1S/C14H13N3O/c1-11(18)16-17-14(12-7-3-2-4-8-12)13-9-5-6-10-15-13/h2-10H,1H3,(H,16,18)/b17-14-. The molecular formula is C14H13N3O.